The molecule has 0 aromatic heterocycles. The predicted octanol–water partition coefficient (Wildman–Crippen LogP) is 2.13. The molecule has 0 atom stereocenters. The lowest BCUT2D eigenvalue weighted by Crippen LogP contribution is -2.10. The SMILES string of the molecule is CCOC(=O)Cc1cc(CC)cc(C#N)c1[N+](=O)[O-]. The highest BCUT2D eigenvalue weighted by atomic mass is 16.6. The summed E-state index contributed by atoms with van der Waals surface area (Å²) < 4.78 is 4.78. The molecular formula is C13H14N2O4. The number of hydrogen-bond donors (Lipinski definition) is 0. The van der Waals surface area contributed by atoms with E-state index in [1.54, 1.807) is 19.1 Å². The van der Waals surface area contributed by atoms with E-state index in [2.05, 4.69) is 0 Å². The quantitative estimate of drug-likeness (QED) is 0.460. The van der Waals surface area contributed by atoms with Crippen LogP contribution in [0.2, 0.25) is 0 Å². The standard InChI is InChI=1S/C13H14N2O4/c1-3-9-5-10(7-12(16)19-4-2)13(15(17)18)11(6-9)8-14/h5-6H,3-4,7H2,1-2H3. The Bertz CT molecular complexity index is 546. The average molecular weight is 262 g/mol. The van der Waals surface area contributed by atoms with Gasteiger partial charge in [-0.2, -0.15) is 5.26 Å². The summed E-state index contributed by atoms with van der Waals surface area (Å²) in [6.45, 7) is 3.75. The summed E-state index contributed by atoms with van der Waals surface area (Å²) >= 11 is 0. The van der Waals surface area contributed by atoms with Crippen molar-refractivity contribution in [1.29, 1.82) is 5.26 Å². The van der Waals surface area contributed by atoms with E-state index in [0.29, 0.717) is 6.42 Å². The molecule has 1 aromatic rings. The molecule has 0 bridgehead atoms. The van der Waals surface area contributed by atoms with Gasteiger partial charge in [-0.05, 0) is 31.0 Å². The summed E-state index contributed by atoms with van der Waals surface area (Å²) in [5.41, 5.74) is 0.664. The van der Waals surface area contributed by atoms with Crippen molar-refractivity contribution in [1.82, 2.24) is 0 Å². The number of aryl methyl sites for hydroxylation is 1. The highest BCUT2D eigenvalue weighted by molar-refractivity contribution is 5.75. The van der Waals surface area contributed by atoms with Crippen LogP contribution in [0.25, 0.3) is 0 Å². The van der Waals surface area contributed by atoms with Crippen LogP contribution >= 0.6 is 0 Å². The van der Waals surface area contributed by atoms with Crippen LogP contribution in [0.5, 0.6) is 0 Å². The Hall–Kier alpha value is -2.42. The van der Waals surface area contributed by atoms with Crippen LogP contribution < -0.4 is 0 Å². The molecule has 0 saturated carbocycles. The zero-order valence-corrected chi connectivity index (χ0v) is 10.8. The molecule has 19 heavy (non-hydrogen) atoms. The molecule has 0 aliphatic rings. The second kappa shape index (κ2) is 6.50. The fraction of sp³-hybridized carbons (Fsp3) is 0.385. The zero-order chi connectivity index (χ0) is 14.4. The van der Waals surface area contributed by atoms with Gasteiger partial charge in [0.05, 0.1) is 18.0 Å². The summed E-state index contributed by atoms with van der Waals surface area (Å²) in [6.07, 6.45) is 0.426. The highest BCUT2D eigenvalue weighted by Gasteiger charge is 2.23. The highest BCUT2D eigenvalue weighted by Crippen LogP contribution is 2.26. The van der Waals surface area contributed by atoms with Gasteiger partial charge in [0.25, 0.3) is 5.69 Å². The normalized spacial score (nSPS) is 9.74. The summed E-state index contributed by atoms with van der Waals surface area (Å²) in [6, 6.07) is 4.86. The molecular weight excluding hydrogens is 248 g/mol. The number of esters is 1. The zero-order valence-electron chi connectivity index (χ0n) is 10.8. The maximum Gasteiger partial charge on any atom is 0.310 e. The van der Waals surface area contributed by atoms with E-state index >= 15 is 0 Å². The number of nitrogens with zero attached hydrogens (tertiary/aromatic N) is 2. The number of rotatable bonds is 5. The number of ether oxygens (including phenoxy) is 1. The second-order valence-electron chi connectivity index (χ2n) is 3.86. The van der Waals surface area contributed by atoms with Gasteiger partial charge in [-0.1, -0.05) is 6.92 Å². The number of carbonyl (C=O) groups excluding carboxylic acids is 1. The molecule has 0 fully saturated rings. The van der Waals surface area contributed by atoms with Gasteiger partial charge in [0, 0.05) is 5.56 Å². The van der Waals surface area contributed by atoms with Crippen molar-refractivity contribution in [2.24, 2.45) is 0 Å². The van der Waals surface area contributed by atoms with Gasteiger partial charge >= 0.3 is 5.97 Å². The molecule has 1 rings (SSSR count). The lowest BCUT2D eigenvalue weighted by molar-refractivity contribution is -0.385. The lowest BCUT2D eigenvalue weighted by atomic mass is 10.00. The van der Waals surface area contributed by atoms with Crippen molar-refractivity contribution < 1.29 is 14.5 Å². The summed E-state index contributed by atoms with van der Waals surface area (Å²) in [4.78, 5) is 21.9. The van der Waals surface area contributed by atoms with Crippen molar-refractivity contribution in [2.75, 3.05) is 6.61 Å². The van der Waals surface area contributed by atoms with Crippen molar-refractivity contribution in [2.45, 2.75) is 26.7 Å². The van der Waals surface area contributed by atoms with Crippen LogP contribution in [-0.2, 0) is 22.4 Å². The first-order valence-corrected chi connectivity index (χ1v) is 5.89. The summed E-state index contributed by atoms with van der Waals surface area (Å²) in [7, 11) is 0. The first-order chi connectivity index (χ1) is 9.03. The number of carbonyl (C=O) groups is 1. The fourth-order valence-electron chi connectivity index (χ4n) is 1.77. The number of nitro groups is 1. The third kappa shape index (κ3) is 3.52. The topological polar surface area (TPSA) is 93.2 Å². The van der Waals surface area contributed by atoms with Gasteiger partial charge in [-0.25, -0.2) is 0 Å². The predicted molar refractivity (Wildman–Crippen MR) is 67.5 cm³/mol. The maximum absolute atomic E-state index is 11.5. The molecule has 0 heterocycles. The van der Waals surface area contributed by atoms with E-state index in [1.807, 2.05) is 6.92 Å². The monoisotopic (exact) mass is 262 g/mol. The Morgan fingerprint density at radius 3 is 2.63 bits per heavy atom. The Balaban J connectivity index is 3.30. The third-order valence-corrected chi connectivity index (χ3v) is 2.60. The van der Waals surface area contributed by atoms with E-state index < -0.39 is 10.9 Å². The molecule has 0 spiro atoms. The molecule has 0 aliphatic heterocycles. The van der Waals surface area contributed by atoms with E-state index in [-0.39, 0.29) is 29.8 Å². The Kier molecular flexibility index (Phi) is 5.01. The second-order valence-corrected chi connectivity index (χ2v) is 3.86. The van der Waals surface area contributed by atoms with E-state index in [4.69, 9.17) is 10.00 Å². The third-order valence-electron chi connectivity index (χ3n) is 2.60. The van der Waals surface area contributed by atoms with E-state index in [9.17, 15) is 14.9 Å². The number of nitriles is 1. The Labute approximate surface area is 110 Å². The first kappa shape index (κ1) is 14.6. The number of benzene rings is 1. The summed E-state index contributed by atoms with van der Waals surface area (Å²) in [5, 5.41) is 20.0. The van der Waals surface area contributed by atoms with Crippen molar-refractivity contribution in [3.63, 3.8) is 0 Å². The van der Waals surface area contributed by atoms with Gasteiger partial charge in [-0.15, -0.1) is 0 Å². The van der Waals surface area contributed by atoms with Gasteiger partial charge in [0.1, 0.15) is 11.6 Å². The Morgan fingerprint density at radius 2 is 2.16 bits per heavy atom. The summed E-state index contributed by atoms with van der Waals surface area (Å²) in [5.74, 6) is -0.539. The minimum atomic E-state index is -0.632. The molecule has 100 valence electrons. The van der Waals surface area contributed by atoms with Crippen LogP contribution in [0, 0.1) is 21.4 Å². The van der Waals surface area contributed by atoms with Crippen molar-refractivity contribution in [3.05, 3.63) is 38.9 Å². The molecule has 1 aromatic carbocycles. The van der Waals surface area contributed by atoms with Crippen LogP contribution in [0.3, 0.4) is 0 Å². The molecule has 0 aliphatic carbocycles. The fourth-order valence-corrected chi connectivity index (χ4v) is 1.77. The number of nitro benzene ring substituents is 1. The largest absolute Gasteiger partial charge is 0.466 e. The number of hydrogen-bond acceptors (Lipinski definition) is 5. The Morgan fingerprint density at radius 1 is 1.47 bits per heavy atom. The van der Waals surface area contributed by atoms with Crippen LogP contribution in [0.4, 0.5) is 5.69 Å². The van der Waals surface area contributed by atoms with E-state index in [1.165, 1.54) is 6.07 Å². The van der Waals surface area contributed by atoms with Gasteiger partial charge in [0.15, 0.2) is 0 Å². The molecule has 0 saturated heterocycles. The van der Waals surface area contributed by atoms with Crippen LogP contribution in [-0.4, -0.2) is 17.5 Å². The average Bonchev–Trinajstić information content (AvgIpc) is 2.37. The molecule has 6 heteroatoms. The minimum absolute atomic E-state index is 0.0244. The van der Waals surface area contributed by atoms with Gasteiger partial charge in [-0.3, -0.25) is 14.9 Å². The first-order valence-electron chi connectivity index (χ1n) is 5.89. The molecule has 0 amide bonds. The lowest BCUT2D eigenvalue weighted by Gasteiger charge is -2.07. The smallest absolute Gasteiger partial charge is 0.310 e. The maximum atomic E-state index is 11.5. The molecule has 0 radical (unpaired) electrons. The molecule has 6 nitrogen and oxygen atoms in total. The van der Waals surface area contributed by atoms with Gasteiger partial charge < -0.3 is 4.74 Å². The van der Waals surface area contributed by atoms with Crippen molar-refractivity contribution >= 4 is 11.7 Å². The van der Waals surface area contributed by atoms with E-state index in [0.717, 1.165) is 5.56 Å². The van der Waals surface area contributed by atoms with Gasteiger partial charge in [0.2, 0.25) is 0 Å². The molecule has 0 N–H and O–H groups in total. The molecule has 0 unspecified atom stereocenters. The van der Waals surface area contributed by atoms with Crippen LogP contribution in [0.15, 0.2) is 12.1 Å². The minimum Gasteiger partial charge on any atom is -0.466 e. The van der Waals surface area contributed by atoms with Crippen molar-refractivity contribution in [3.8, 4) is 6.07 Å². The van der Waals surface area contributed by atoms with Crippen LogP contribution in [0.1, 0.15) is 30.5 Å².